The molecule has 2 heteroatoms. The molecule has 0 bridgehead atoms. The first-order valence-corrected chi connectivity index (χ1v) is 18.3. The van der Waals surface area contributed by atoms with Crippen molar-refractivity contribution in [3.8, 4) is 0 Å². The van der Waals surface area contributed by atoms with Gasteiger partial charge in [0.25, 0.3) is 0 Å². The minimum atomic E-state index is -0.201. The molecule has 0 amide bonds. The maximum atomic E-state index is 2.67. The quantitative estimate of drug-likeness (QED) is 0.192. The van der Waals surface area contributed by atoms with Gasteiger partial charge in [-0.2, -0.15) is 0 Å². The van der Waals surface area contributed by atoms with Crippen molar-refractivity contribution < 1.29 is 0 Å². The van der Waals surface area contributed by atoms with E-state index >= 15 is 0 Å². The second-order valence-corrected chi connectivity index (χ2v) is 17.6. The number of hydrogen-bond donors (Lipinski definition) is 0. The topological polar surface area (TPSA) is 6.48 Å². The first-order valence-electron chi connectivity index (χ1n) is 18.3. The van der Waals surface area contributed by atoms with E-state index in [2.05, 4.69) is 178 Å². The predicted molar refractivity (Wildman–Crippen MR) is 210 cm³/mol. The molecule has 250 valence electrons. The van der Waals surface area contributed by atoms with Gasteiger partial charge < -0.3 is 9.80 Å². The first kappa shape index (κ1) is 31.9. The molecule has 0 unspecified atom stereocenters. The van der Waals surface area contributed by atoms with Gasteiger partial charge in [0.05, 0.1) is 17.1 Å². The molecular formula is C47H52N2. The molecule has 0 saturated carbocycles. The summed E-state index contributed by atoms with van der Waals surface area (Å²) in [6.45, 7) is 28.4. The lowest BCUT2D eigenvalue weighted by molar-refractivity contribution is 0.566. The molecule has 5 aromatic carbocycles. The molecule has 0 N–H and O–H groups in total. The Labute approximate surface area is 294 Å². The molecule has 0 fully saturated rings. The fourth-order valence-corrected chi connectivity index (χ4v) is 9.40. The molecular weight excluding hydrogens is 593 g/mol. The smallest absolute Gasteiger partial charge is 0.0545 e. The summed E-state index contributed by atoms with van der Waals surface area (Å²) in [4.78, 5) is 5.22. The summed E-state index contributed by atoms with van der Waals surface area (Å²) >= 11 is 0. The van der Waals surface area contributed by atoms with Gasteiger partial charge >= 0.3 is 0 Å². The Balaban J connectivity index is 1.48. The number of rotatable bonds is 4. The van der Waals surface area contributed by atoms with Crippen LogP contribution in [0, 0.1) is 13.8 Å². The Morgan fingerprint density at radius 2 is 1.06 bits per heavy atom. The second-order valence-electron chi connectivity index (χ2n) is 17.6. The number of hydrogen-bond acceptors (Lipinski definition) is 2. The van der Waals surface area contributed by atoms with Gasteiger partial charge in [-0.1, -0.05) is 124 Å². The fraction of sp³-hybridized carbons (Fsp3) is 0.362. The van der Waals surface area contributed by atoms with E-state index in [1.54, 1.807) is 0 Å². The van der Waals surface area contributed by atoms with Gasteiger partial charge in [-0.25, -0.2) is 0 Å². The highest BCUT2D eigenvalue weighted by atomic mass is 15.2. The van der Waals surface area contributed by atoms with Crippen LogP contribution in [-0.4, -0.2) is 0 Å². The van der Waals surface area contributed by atoms with Gasteiger partial charge in [-0.05, 0) is 112 Å². The Morgan fingerprint density at radius 1 is 0.571 bits per heavy atom. The van der Waals surface area contributed by atoms with Crippen molar-refractivity contribution in [2.75, 3.05) is 9.80 Å². The van der Waals surface area contributed by atoms with Crippen molar-refractivity contribution in [3.63, 3.8) is 0 Å². The zero-order chi connectivity index (χ0) is 35.0. The fourth-order valence-electron chi connectivity index (χ4n) is 9.40. The maximum absolute atomic E-state index is 2.67. The van der Waals surface area contributed by atoms with Gasteiger partial charge in [-0.3, -0.25) is 0 Å². The molecule has 0 radical (unpaired) electrons. The molecule has 3 aliphatic heterocycles. The van der Waals surface area contributed by atoms with E-state index in [9.17, 15) is 0 Å². The normalized spacial score (nSPS) is 17.1. The van der Waals surface area contributed by atoms with Crippen molar-refractivity contribution in [3.05, 3.63) is 141 Å². The number of para-hydroxylation sites is 2. The van der Waals surface area contributed by atoms with Gasteiger partial charge in [0.2, 0.25) is 0 Å². The zero-order valence-electron chi connectivity index (χ0n) is 31.7. The van der Waals surface area contributed by atoms with Crippen molar-refractivity contribution in [2.45, 2.75) is 111 Å². The van der Waals surface area contributed by atoms with Gasteiger partial charge in [0.1, 0.15) is 0 Å². The summed E-state index contributed by atoms with van der Waals surface area (Å²) in [5.41, 5.74) is 21.2. The summed E-state index contributed by atoms with van der Waals surface area (Å²) < 4.78 is 0. The van der Waals surface area contributed by atoms with Crippen LogP contribution in [0.4, 0.5) is 34.1 Å². The third-order valence-corrected chi connectivity index (χ3v) is 12.3. The summed E-state index contributed by atoms with van der Waals surface area (Å²) in [5, 5.41) is 0. The standard InChI is InChI=1S/C47H52N2/c1-13-30-22-23-31(25-37(30)44(4,5)6)48(40-24-28(2)20-21-29(40)3)32-26-38-43-39(27-32)47(11,12)36-19-15-17-34-42(36)49(43)41-33(45(34,7)8)16-14-18-35(41)46(38,9)10/h14-27H,13H2,1-12H3. The third kappa shape index (κ3) is 4.25. The lowest BCUT2D eigenvalue weighted by Crippen LogP contribution is -2.43. The molecule has 0 aromatic heterocycles. The number of aryl methyl sites for hydroxylation is 3. The predicted octanol–water partition coefficient (Wildman–Crippen LogP) is 13.0. The molecule has 3 aliphatic rings. The van der Waals surface area contributed by atoms with Crippen LogP contribution in [0.15, 0.2) is 84.9 Å². The highest BCUT2D eigenvalue weighted by Gasteiger charge is 2.51. The minimum absolute atomic E-state index is 0.0331. The van der Waals surface area contributed by atoms with E-state index in [0.29, 0.717) is 0 Å². The number of benzene rings is 5. The minimum Gasteiger partial charge on any atom is -0.310 e. The molecule has 8 rings (SSSR count). The van der Waals surface area contributed by atoms with Crippen LogP contribution < -0.4 is 9.80 Å². The number of anilines is 6. The van der Waals surface area contributed by atoms with E-state index in [4.69, 9.17) is 0 Å². The Bertz CT molecular complexity index is 2110. The van der Waals surface area contributed by atoms with Crippen LogP contribution in [0.1, 0.15) is 125 Å². The molecule has 2 nitrogen and oxygen atoms in total. The number of nitrogens with zero attached hydrogens (tertiary/aromatic N) is 2. The first-order chi connectivity index (χ1) is 23.0. The van der Waals surface area contributed by atoms with Crippen LogP contribution >= 0.6 is 0 Å². The van der Waals surface area contributed by atoms with Gasteiger partial charge in [0, 0.05) is 33.3 Å². The molecule has 5 aromatic rings. The van der Waals surface area contributed by atoms with Crippen molar-refractivity contribution >= 4 is 34.1 Å². The molecule has 0 aliphatic carbocycles. The average molecular weight is 645 g/mol. The van der Waals surface area contributed by atoms with Crippen LogP contribution in [-0.2, 0) is 28.1 Å². The van der Waals surface area contributed by atoms with E-state index in [1.807, 2.05) is 0 Å². The van der Waals surface area contributed by atoms with Gasteiger partial charge in [-0.15, -0.1) is 0 Å². The summed E-state index contributed by atoms with van der Waals surface area (Å²) in [5.74, 6) is 0. The monoisotopic (exact) mass is 644 g/mol. The maximum Gasteiger partial charge on any atom is 0.0545 e. The highest BCUT2D eigenvalue weighted by Crippen LogP contribution is 2.66. The molecule has 49 heavy (non-hydrogen) atoms. The van der Waals surface area contributed by atoms with Crippen LogP contribution in [0.5, 0.6) is 0 Å². The highest BCUT2D eigenvalue weighted by molar-refractivity contribution is 5.99. The summed E-state index contributed by atoms with van der Waals surface area (Å²) in [7, 11) is 0. The summed E-state index contributed by atoms with van der Waals surface area (Å²) in [6, 6.07) is 33.3. The Morgan fingerprint density at radius 3 is 1.55 bits per heavy atom. The lowest BCUT2D eigenvalue weighted by Gasteiger charge is -2.55. The van der Waals surface area contributed by atoms with Gasteiger partial charge in [0.15, 0.2) is 0 Å². The van der Waals surface area contributed by atoms with Crippen LogP contribution in [0.3, 0.4) is 0 Å². The SMILES string of the molecule is CCc1ccc(N(c2cc3c4c(c2)C(C)(C)c2cccc5c2N4c2c(cccc2C3(C)C)C5(C)C)c2cc(C)ccc2C)cc1C(C)(C)C. The molecule has 0 atom stereocenters. The van der Waals surface area contributed by atoms with Crippen LogP contribution in [0.2, 0.25) is 0 Å². The Kier molecular flexibility index (Phi) is 6.60. The van der Waals surface area contributed by atoms with E-state index < -0.39 is 0 Å². The lowest BCUT2D eigenvalue weighted by atomic mass is 9.61. The molecule has 3 heterocycles. The Hall–Kier alpha value is -4.30. The average Bonchev–Trinajstić information content (AvgIpc) is 3.05. The third-order valence-electron chi connectivity index (χ3n) is 12.3. The van der Waals surface area contributed by atoms with Crippen molar-refractivity contribution in [1.82, 2.24) is 0 Å². The van der Waals surface area contributed by atoms with E-state index in [1.165, 1.54) is 89.8 Å². The largest absolute Gasteiger partial charge is 0.310 e. The van der Waals surface area contributed by atoms with E-state index in [0.717, 1.165) is 6.42 Å². The van der Waals surface area contributed by atoms with Crippen LogP contribution in [0.25, 0.3) is 0 Å². The molecule has 0 spiro atoms. The van der Waals surface area contributed by atoms with E-state index in [-0.39, 0.29) is 21.7 Å². The zero-order valence-corrected chi connectivity index (χ0v) is 31.7. The van der Waals surface area contributed by atoms with Crippen molar-refractivity contribution in [2.24, 2.45) is 0 Å². The van der Waals surface area contributed by atoms with Crippen molar-refractivity contribution in [1.29, 1.82) is 0 Å². The molecule has 0 saturated heterocycles. The second kappa shape index (κ2) is 10.1. The summed E-state index contributed by atoms with van der Waals surface area (Å²) in [6.07, 6.45) is 1.02.